The molecule has 2 unspecified atom stereocenters. The Bertz CT molecular complexity index is 505. The molecule has 0 aromatic heterocycles. The van der Waals surface area contributed by atoms with Gasteiger partial charge in [-0.2, -0.15) is 0 Å². The van der Waals surface area contributed by atoms with E-state index < -0.39 is 5.97 Å². The van der Waals surface area contributed by atoms with Crippen LogP contribution in [0.1, 0.15) is 63.4 Å². The zero-order valence-corrected chi connectivity index (χ0v) is 14.0. The van der Waals surface area contributed by atoms with Crippen molar-refractivity contribution in [2.45, 2.75) is 70.3 Å². The highest BCUT2D eigenvalue weighted by Gasteiger charge is 2.31. The van der Waals surface area contributed by atoms with Gasteiger partial charge in [0, 0.05) is 18.2 Å². The summed E-state index contributed by atoms with van der Waals surface area (Å²) in [5.74, 6) is 1.18. The minimum absolute atomic E-state index is 0.207. The van der Waals surface area contributed by atoms with Gasteiger partial charge in [-0.15, -0.1) is 0 Å². The van der Waals surface area contributed by atoms with E-state index >= 15 is 0 Å². The van der Waals surface area contributed by atoms with Crippen LogP contribution in [0, 0.1) is 11.8 Å². The van der Waals surface area contributed by atoms with Crippen LogP contribution in [-0.4, -0.2) is 17.1 Å². The predicted molar refractivity (Wildman–Crippen MR) is 93.7 cm³/mol. The number of aryl methyl sites for hydroxylation is 1. The van der Waals surface area contributed by atoms with Gasteiger partial charge in [0.05, 0.1) is 0 Å². The Morgan fingerprint density at radius 1 is 1.00 bits per heavy atom. The Balaban J connectivity index is 1.47. The number of benzene rings is 1. The third kappa shape index (κ3) is 4.73. The molecule has 2 N–H and O–H groups in total. The zero-order valence-electron chi connectivity index (χ0n) is 14.0. The van der Waals surface area contributed by atoms with Crippen molar-refractivity contribution >= 4 is 11.7 Å². The lowest BCUT2D eigenvalue weighted by Crippen LogP contribution is -2.19. The first kappa shape index (κ1) is 16.4. The van der Waals surface area contributed by atoms with Crippen LogP contribution >= 0.6 is 0 Å². The Labute approximate surface area is 139 Å². The lowest BCUT2D eigenvalue weighted by atomic mass is 9.79. The molecule has 0 bridgehead atoms. The van der Waals surface area contributed by atoms with Gasteiger partial charge in [0.25, 0.3) is 0 Å². The van der Waals surface area contributed by atoms with Gasteiger partial charge in [0.2, 0.25) is 0 Å². The largest absolute Gasteiger partial charge is 0.481 e. The van der Waals surface area contributed by atoms with Gasteiger partial charge in [-0.3, -0.25) is 4.79 Å². The number of hydrogen-bond donors (Lipinski definition) is 2. The van der Waals surface area contributed by atoms with Crippen molar-refractivity contribution < 1.29 is 9.90 Å². The van der Waals surface area contributed by atoms with Crippen molar-refractivity contribution in [2.75, 3.05) is 5.32 Å². The molecule has 3 rings (SSSR count). The van der Waals surface area contributed by atoms with Gasteiger partial charge in [-0.25, -0.2) is 0 Å². The fourth-order valence-electron chi connectivity index (χ4n) is 4.44. The fourth-order valence-corrected chi connectivity index (χ4v) is 4.44. The van der Waals surface area contributed by atoms with E-state index in [-0.39, 0.29) is 6.42 Å². The minimum Gasteiger partial charge on any atom is -0.481 e. The molecule has 2 saturated carbocycles. The monoisotopic (exact) mass is 315 g/mol. The molecule has 0 amide bonds. The smallest absolute Gasteiger partial charge is 0.303 e. The van der Waals surface area contributed by atoms with Crippen molar-refractivity contribution in [1.82, 2.24) is 0 Å². The molecule has 0 heterocycles. The molecule has 2 atom stereocenters. The first-order chi connectivity index (χ1) is 11.2. The molecular formula is C20H29NO2. The van der Waals surface area contributed by atoms with Crippen LogP contribution in [0.4, 0.5) is 5.69 Å². The van der Waals surface area contributed by atoms with Crippen molar-refractivity contribution in [3.8, 4) is 0 Å². The van der Waals surface area contributed by atoms with Crippen LogP contribution in [0.2, 0.25) is 0 Å². The van der Waals surface area contributed by atoms with Gasteiger partial charge in [-0.1, -0.05) is 44.2 Å². The predicted octanol–water partition coefficient (Wildman–Crippen LogP) is 4.86. The highest BCUT2D eigenvalue weighted by molar-refractivity contribution is 5.67. The van der Waals surface area contributed by atoms with Crippen molar-refractivity contribution in [2.24, 2.45) is 11.8 Å². The molecule has 3 heteroatoms. The van der Waals surface area contributed by atoms with Crippen LogP contribution in [0.5, 0.6) is 0 Å². The summed E-state index contributed by atoms with van der Waals surface area (Å²) in [5.41, 5.74) is 2.28. The van der Waals surface area contributed by atoms with E-state index in [1.165, 1.54) is 57.1 Å². The number of rotatable bonds is 6. The lowest BCUT2D eigenvalue weighted by Gasteiger charge is -2.27. The van der Waals surface area contributed by atoms with E-state index in [0.29, 0.717) is 12.5 Å². The number of nitrogens with one attached hydrogen (secondary N) is 1. The summed E-state index contributed by atoms with van der Waals surface area (Å²) < 4.78 is 0. The Morgan fingerprint density at radius 3 is 2.43 bits per heavy atom. The molecule has 0 aliphatic heterocycles. The van der Waals surface area contributed by atoms with Gasteiger partial charge >= 0.3 is 5.97 Å². The summed E-state index contributed by atoms with van der Waals surface area (Å²) in [6, 6.07) is 8.93. The molecule has 1 aromatic rings. The van der Waals surface area contributed by atoms with Crippen molar-refractivity contribution in [3.05, 3.63) is 29.8 Å². The third-order valence-electron chi connectivity index (χ3n) is 5.74. The maximum atomic E-state index is 10.6. The van der Waals surface area contributed by atoms with E-state index in [0.717, 1.165) is 17.4 Å². The summed E-state index contributed by atoms with van der Waals surface area (Å²) in [4.78, 5) is 10.6. The van der Waals surface area contributed by atoms with Crippen LogP contribution in [-0.2, 0) is 11.2 Å². The highest BCUT2D eigenvalue weighted by atomic mass is 16.4. The normalized spacial score (nSPS) is 25.4. The maximum Gasteiger partial charge on any atom is 0.303 e. The van der Waals surface area contributed by atoms with E-state index in [4.69, 9.17) is 5.11 Å². The average molecular weight is 315 g/mol. The van der Waals surface area contributed by atoms with Crippen LogP contribution in [0.25, 0.3) is 0 Å². The fraction of sp³-hybridized carbons (Fsp3) is 0.650. The van der Waals surface area contributed by atoms with Crippen LogP contribution in [0.3, 0.4) is 0 Å². The molecule has 3 nitrogen and oxygen atoms in total. The zero-order chi connectivity index (χ0) is 16.1. The molecular weight excluding hydrogens is 286 g/mol. The molecule has 126 valence electrons. The van der Waals surface area contributed by atoms with E-state index in [2.05, 4.69) is 29.6 Å². The molecule has 2 fully saturated rings. The first-order valence-electron chi connectivity index (χ1n) is 9.28. The van der Waals surface area contributed by atoms with Gasteiger partial charge < -0.3 is 10.4 Å². The summed E-state index contributed by atoms with van der Waals surface area (Å²) in [7, 11) is 0. The topological polar surface area (TPSA) is 49.3 Å². The van der Waals surface area contributed by atoms with Gasteiger partial charge in [-0.05, 0) is 55.2 Å². The number of carboxylic acid groups (broad SMARTS) is 1. The second-order valence-corrected chi connectivity index (χ2v) is 7.40. The molecule has 0 saturated heterocycles. The molecule has 1 aromatic carbocycles. The molecule has 0 radical (unpaired) electrons. The second kappa shape index (κ2) is 7.85. The minimum atomic E-state index is -0.730. The Morgan fingerprint density at radius 2 is 1.74 bits per heavy atom. The third-order valence-corrected chi connectivity index (χ3v) is 5.74. The van der Waals surface area contributed by atoms with Crippen LogP contribution < -0.4 is 5.32 Å². The molecule has 2 aliphatic rings. The number of carboxylic acids is 1. The first-order valence-corrected chi connectivity index (χ1v) is 9.28. The quantitative estimate of drug-likeness (QED) is 0.788. The number of aliphatic carboxylic acids is 1. The summed E-state index contributed by atoms with van der Waals surface area (Å²) >= 11 is 0. The standard InChI is InChI=1S/C20H29NO2/c22-20(23)13-8-15-6-10-18(11-7-15)21-19-12-9-17(14-19)16-4-2-1-3-5-16/h6-7,10-11,16-17,19,21H,1-5,8-9,12-14H2,(H,22,23). The van der Waals surface area contributed by atoms with Gasteiger partial charge in [0.1, 0.15) is 0 Å². The second-order valence-electron chi connectivity index (χ2n) is 7.40. The Kier molecular flexibility index (Phi) is 5.58. The summed E-state index contributed by atoms with van der Waals surface area (Å²) in [5, 5.41) is 12.4. The number of hydrogen-bond acceptors (Lipinski definition) is 2. The average Bonchev–Trinajstić information content (AvgIpc) is 3.03. The van der Waals surface area contributed by atoms with Crippen LogP contribution in [0.15, 0.2) is 24.3 Å². The SMILES string of the molecule is O=C(O)CCc1ccc(NC2CCC(C3CCCCC3)C2)cc1. The highest BCUT2D eigenvalue weighted by Crippen LogP contribution is 2.40. The maximum absolute atomic E-state index is 10.6. The molecule has 2 aliphatic carbocycles. The van der Waals surface area contributed by atoms with E-state index in [1.54, 1.807) is 0 Å². The number of anilines is 1. The van der Waals surface area contributed by atoms with Crippen molar-refractivity contribution in [3.63, 3.8) is 0 Å². The van der Waals surface area contributed by atoms with Crippen molar-refractivity contribution in [1.29, 1.82) is 0 Å². The number of carbonyl (C=O) groups is 1. The summed E-state index contributed by atoms with van der Waals surface area (Å²) in [6.07, 6.45) is 12.1. The lowest BCUT2D eigenvalue weighted by molar-refractivity contribution is -0.136. The molecule has 23 heavy (non-hydrogen) atoms. The van der Waals surface area contributed by atoms with Gasteiger partial charge in [0.15, 0.2) is 0 Å². The Hall–Kier alpha value is -1.51. The summed E-state index contributed by atoms with van der Waals surface area (Å²) in [6.45, 7) is 0. The van der Waals surface area contributed by atoms with E-state index in [9.17, 15) is 4.79 Å². The molecule has 0 spiro atoms. The van der Waals surface area contributed by atoms with E-state index in [1.807, 2.05) is 0 Å².